The number of hydrogen-bond acceptors (Lipinski definition) is 2. The summed E-state index contributed by atoms with van der Waals surface area (Å²) >= 11 is 1.73. The summed E-state index contributed by atoms with van der Waals surface area (Å²) < 4.78 is 0. The Kier molecular flexibility index (Phi) is 3.37. The molecule has 1 aromatic heterocycles. The van der Waals surface area contributed by atoms with Crippen molar-refractivity contribution in [2.75, 3.05) is 12.4 Å². The smallest absolute Gasteiger partial charge is 0.133 e. The quantitative estimate of drug-likeness (QED) is 0.619. The van der Waals surface area contributed by atoms with Crippen molar-refractivity contribution in [1.82, 2.24) is 0 Å². The second kappa shape index (κ2) is 4.94. The molecule has 0 aliphatic carbocycles. The number of hydrogen-bond donors (Lipinski definition) is 1. The van der Waals surface area contributed by atoms with E-state index in [0.717, 1.165) is 16.4 Å². The highest BCUT2D eigenvalue weighted by molar-refractivity contribution is 7.16. The normalized spacial score (nSPS) is 11.5. The van der Waals surface area contributed by atoms with Gasteiger partial charge in [-0.1, -0.05) is 30.3 Å². The molecule has 2 aromatic rings. The second-order valence-electron chi connectivity index (χ2n) is 3.47. The predicted molar refractivity (Wildman–Crippen MR) is 71.6 cm³/mol. The molecule has 0 unspecified atom stereocenters. The summed E-state index contributed by atoms with van der Waals surface area (Å²) in [5.74, 6) is 0.905. The van der Waals surface area contributed by atoms with Gasteiger partial charge in [-0.25, -0.2) is 0 Å². The van der Waals surface area contributed by atoms with Gasteiger partial charge >= 0.3 is 0 Å². The number of nitrogens with one attached hydrogen (secondary N) is 1. The van der Waals surface area contributed by atoms with E-state index < -0.39 is 0 Å². The van der Waals surface area contributed by atoms with Crippen LogP contribution in [0.15, 0.2) is 47.5 Å². The van der Waals surface area contributed by atoms with E-state index in [0.29, 0.717) is 0 Å². The first-order valence-electron chi connectivity index (χ1n) is 5.15. The minimum atomic E-state index is 0.905. The van der Waals surface area contributed by atoms with Crippen LogP contribution in [0.25, 0.3) is 0 Å². The van der Waals surface area contributed by atoms with E-state index in [4.69, 9.17) is 0 Å². The van der Waals surface area contributed by atoms with Gasteiger partial charge in [-0.05, 0) is 19.1 Å². The van der Waals surface area contributed by atoms with Crippen LogP contribution in [0.3, 0.4) is 0 Å². The lowest BCUT2D eigenvalue weighted by Gasteiger charge is -2.06. The molecule has 0 amide bonds. The molecular formula is C13H14N2S. The number of thiophene rings is 1. The molecular weight excluding hydrogens is 216 g/mol. The molecule has 0 saturated carbocycles. The summed E-state index contributed by atoms with van der Waals surface area (Å²) in [7, 11) is 1.80. The van der Waals surface area contributed by atoms with Gasteiger partial charge in [0.2, 0.25) is 0 Å². The SMILES string of the molecule is CN=C(Nc1ccc(C)s1)c1ccccc1. The van der Waals surface area contributed by atoms with E-state index in [1.165, 1.54) is 4.88 Å². The van der Waals surface area contributed by atoms with Crippen molar-refractivity contribution < 1.29 is 0 Å². The Morgan fingerprint density at radius 3 is 2.44 bits per heavy atom. The Hall–Kier alpha value is -1.61. The van der Waals surface area contributed by atoms with Gasteiger partial charge in [0, 0.05) is 17.5 Å². The number of aliphatic imine (C=N–C) groups is 1. The van der Waals surface area contributed by atoms with Crippen LogP contribution in [-0.4, -0.2) is 12.9 Å². The summed E-state index contributed by atoms with van der Waals surface area (Å²) in [6.07, 6.45) is 0. The molecule has 82 valence electrons. The first-order chi connectivity index (χ1) is 7.79. The van der Waals surface area contributed by atoms with Crippen LogP contribution >= 0.6 is 11.3 Å². The van der Waals surface area contributed by atoms with Crippen LogP contribution in [0, 0.1) is 6.92 Å². The Morgan fingerprint density at radius 1 is 1.12 bits per heavy atom. The number of nitrogens with zero attached hydrogens (tertiary/aromatic N) is 1. The van der Waals surface area contributed by atoms with Gasteiger partial charge in [-0.2, -0.15) is 0 Å². The molecule has 0 aliphatic rings. The number of anilines is 1. The number of rotatable bonds is 2. The van der Waals surface area contributed by atoms with Crippen LogP contribution in [0.2, 0.25) is 0 Å². The molecule has 16 heavy (non-hydrogen) atoms. The number of benzene rings is 1. The fourth-order valence-corrected chi connectivity index (χ4v) is 2.24. The maximum atomic E-state index is 4.28. The molecule has 0 aliphatic heterocycles. The van der Waals surface area contributed by atoms with Gasteiger partial charge in [0.15, 0.2) is 0 Å². The maximum absolute atomic E-state index is 4.28. The molecule has 0 saturated heterocycles. The van der Waals surface area contributed by atoms with Crippen molar-refractivity contribution in [3.05, 3.63) is 52.9 Å². The molecule has 0 bridgehead atoms. The molecule has 2 nitrogen and oxygen atoms in total. The fraction of sp³-hybridized carbons (Fsp3) is 0.154. The lowest BCUT2D eigenvalue weighted by molar-refractivity contribution is 1.41. The average molecular weight is 230 g/mol. The Morgan fingerprint density at radius 2 is 1.88 bits per heavy atom. The first kappa shape index (κ1) is 10.9. The van der Waals surface area contributed by atoms with E-state index in [1.54, 1.807) is 18.4 Å². The minimum Gasteiger partial charge on any atom is -0.332 e. The summed E-state index contributed by atoms with van der Waals surface area (Å²) in [5.41, 5.74) is 1.11. The average Bonchev–Trinajstić information content (AvgIpc) is 2.73. The highest BCUT2D eigenvalue weighted by atomic mass is 32.1. The minimum absolute atomic E-state index is 0.905. The zero-order valence-electron chi connectivity index (χ0n) is 9.40. The molecule has 2 rings (SSSR count). The molecule has 0 fully saturated rings. The number of aryl methyl sites for hydroxylation is 1. The van der Waals surface area contributed by atoms with Crippen LogP contribution in [0.4, 0.5) is 5.00 Å². The molecule has 0 radical (unpaired) electrons. The Balaban J connectivity index is 2.20. The lowest BCUT2D eigenvalue weighted by atomic mass is 10.2. The van der Waals surface area contributed by atoms with Gasteiger partial charge < -0.3 is 5.32 Å². The zero-order chi connectivity index (χ0) is 11.4. The Labute approximate surface area is 99.7 Å². The van der Waals surface area contributed by atoms with Crippen LogP contribution in [0.5, 0.6) is 0 Å². The van der Waals surface area contributed by atoms with Crippen LogP contribution in [-0.2, 0) is 0 Å². The van der Waals surface area contributed by atoms with E-state index in [1.807, 2.05) is 18.2 Å². The third-order valence-corrected chi connectivity index (χ3v) is 3.17. The summed E-state index contributed by atoms with van der Waals surface area (Å²) in [6, 6.07) is 14.3. The van der Waals surface area contributed by atoms with Gasteiger partial charge in [0.25, 0.3) is 0 Å². The predicted octanol–water partition coefficient (Wildman–Crippen LogP) is 3.55. The van der Waals surface area contributed by atoms with Crippen LogP contribution < -0.4 is 5.32 Å². The van der Waals surface area contributed by atoms with Gasteiger partial charge in [-0.15, -0.1) is 11.3 Å². The van der Waals surface area contributed by atoms with Gasteiger partial charge in [0.05, 0.1) is 5.00 Å². The van der Waals surface area contributed by atoms with Crippen molar-refractivity contribution in [1.29, 1.82) is 0 Å². The van der Waals surface area contributed by atoms with Crippen molar-refractivity contribution in [3.63, 3.8) is 0 Å². The standard InChI is InChI=1S/C13H14N2S/c1-10-8-9-12(16-10)15-13(14-2)11-6-4-3-5-7-11/h3-9H,1-2H3,(H,14,15). The third kappa shape index (κ3) is 2.49. The largest absolute Gasteiger partial charge is 0.332 e. The monoisotopic (exact) mass is 230 g/mol. The maximum Gasteiger partial charge on any atom is 0.133 e. The fourth-order valence-electron chi connectivity index (χ4n) is 1.47. The van der Waals surface area contributed by atoms with Crippen molar-refractivity contribution >= 4 is 22.2 Å². The first-order valence-corrected chi connectivity index (χ1v) is 5.97. The summed E-state index contributed by atoms with van der Waals surface area (Å²) in [5, 5.41) is 4.46. The zero-order valence-corrected chi connectivity index (χ0v) is 10.2. The van der Waals surface area contributed by atoms with Crippen LogP contribution in [0.1, 0.15) is 10.4 Å². The van der Waals surface area contributed by atoms with E-state index in [9.17, 15) is 0 Å². The van der Waals surface area contributed by atoms with E-state index in [-0.39, 0.29) is 0 Å². The highest BCUT2D eigenvalue weighted by Gasteiger charge is 2.03. The Bertz CT molecular complexity index is 486. The molecule has 0 atom stereocenters. The molecule has 1 N–H and O–H groups in total. The summed E-state index contributed by atoms with van der Waals surface area (Å²) in [4.78, 5) is 5.57. The van der Waals surface area contributed by atoms with E-state index in [2.05, 4.69) is 41.5 Å². The number of amidine groups is 1. The van der Waals surface area contributed by atoms with Crippen molar-refractivity contribution in [2.24, 2.45) is 4.99 Å². The topological polar surface area (TPSA) is 24.4 Å². The summed E-state index contributed by atoms with van der Waals surface area (Å²) in [6.45, 7) is 2.10. The highest BCUT2D eigenvalue weighted by Crippen LogP contribution is 2.21. The molecule has 1 aromatic carbocycles. The van der Waals surface area contributed by atoms with Crippen molar-refractivity contribution in [3.8, 4) is 0 Å². The van der Waals surface area contributed by atoms with Crippen molar-refractivity contribution in [2.45, 2.75) is 6.92 Å². The second-order valence-corrected chi connectivity index (χ2v) is 4.76. The van der Waals surface area contributed by atoms with Gasteiger partial charge in [-0.3, -0.25) is 4.99 Å². The molecule has 3 heteroatoms. The molecule has 0 spiro atoms. The lowest BCUT2D eigenvalue weighted by Crippen LogP contribution is -2.12. The van der Waals surface area contributed by atoms with Gasteiger partial charge in [0.1, 0.15) is 5.84 Å². The van der Waals surface area contributed by atoms with E-state index >= 15 is 0 Å². The third-order valence-electron chi connectivity index (χ3n) is 2.25. The molecule has 1 heterocycles.